The van der Waals surface area contributed by atoms with Crippen molar-refractivity contribution in [1.29, 1.82) is 0 Å². The van der Waals surface area contributed by atoms with E-state index in [1.165, 1.54) is 30.2 Å². The van der Waals surface area contributed by atoms with E-state index in [-0.39, 0.29) is 33.7 Å². The van der Waals surface area contributed by atoms with Crippen molar-refractivity contribution in [3.8, 4) is 11.5 Å². The van der Waals surface area contributed by atoms with Crippen molar-refractivity contribution in [2.75, 3.05) is 13.7 Å². The highest BCUT2D eigenvalue weighted by Gasteiger charge is 2.46. The standard InChI is InChI=1S/C25H23BrFN3O5/c1-14-4-5-15(11-18(14)27)22(31)20-21(16-10-17(26)23(32)19(12-16)35-2)30(25(34)24(20)33)8-3-7-29-9-6-28-13-29/h4-6,9-13,21,31-32H,3,7-8H2,1-2H3/b22-20+. The number of phenolic OH excluding ortho intramolecular Hbond substituents is 1. The summed E-state index contributed by atoms with van der Waals surface area (Å²) >= 11 is 3.28. The van der Waals surface area contributed by atoms with Gasteiger partial charge in [0.05, 0.1) is 29.5 Å². The van der Waals surface area contributed by atoms with Gasteiger partial charge in [-0.2, -0.15) is 0 Å². The van der Waals surface area contributed by atoms with Crippen LogP contribution in [0.4, 0.5) is 4.39 Å². The Hall–Kier alpha value is -3.66. The van der Waals surface area contributed by atoms with Gasteiger partial charge < -0.3 is 24.4 Å². The van der Waals surface area contributed by atoms with E-state index in [1.807, 2.05) is 4.57 Å². The fourth-order valence-electron chi connectivity index (χ4n) is 4.10. The van der Waals surface area contributed by atoms with Gasteiger partial charge in [0.2, 0.25) is 0 Å². The molecule has 2 N–H and O–H groups in total. The minimum Gasteiger partial charge on any atom is -0.507 e. The summed E-state index contributed by atoms with van der Waals surface area (Å²) in [5.74, 6) is -2.70. The number of aryl methyl sites for hydroxylation is 2. The molecule has 2 heterocycles. The number of benzene rings is 2. The van der Waals surface area contributed by atoms with Gasteiger partial charge >= 0.3 is 0 Å². The number of hydrogen-bond donors (Lipinski definition) is 2. The molecule has 4 rings (SSSR count). The maximum atomic E-state index is 14.2. The first kappa shape index (κ1) is 24.5. The van der Waals surface area contributed by atoms with E-state index in [1.54, 1.807) is 31.7 Å². The summed E-state index contributed by atoms with van der Waals surface area (Å²) in [5, 5.41) is 21.4. The molecular formula is C25H23BrFN3O5. The fourth-order valence-corrected chi connectivity index (χ4v) is 4.56. The largest absolute Gasteiger partial charge is 0.507 e. The number of aliphatic hydroxyl groups is 1. The van der Waals surface area contributed by atoms with E-state index < -0.39 is 29.3 Å². The highest BCUT2D eigenvalue weighted by atomic mass is 79.9. The molecule has 1 aliphatic heterocycles. The van der Waals surface area contributed by atoms with Crippen LogP contribution in [0.3, 0.4) is 0 Å². The molecule has 1 atom stereocenters. The number of imidazole rings is 1. The number of halogens is 2. The molecule has 182 valence electrons. The average molecular weight is 544 g/mol. The maximum Gasteiger partial charge on any atom is 0.295 e. The van der Waals surface area contributed by atoms with E-state index in [9.17, 15) is 24.2 Å². The molecular weight excluding hydrogens is 521 g/mol. The van der Waals surface area contributed by atoms with E-state index in [2.05, 4.69) is 20.9 Å². The number of rotatable bonds is 7. The van der Waals surface area contributed by atoms with Crippen LogP contribution in [0, 0.1) is 12.7 Å². The average Bonchev–Trinajstić information content (AvgIpc) is 3.44. The minimum absolute atomic E-state index is 0.0827. The number of ketones is 1. The third-order valence-corrected chi connectivity index (χ3v) is 6.55. The van der Waals surface area contributed by atoms with Gasteiger partial charge in [-0.05, 0) is 58.6 Å². The topological polar surface area (TPSA) is 105 Å². The summed E-state index contributed by atoms with van der Waals surface area (Å²) < 4.78 is 21.6. The second-order valence-corrected chi connectivity index (χ2v) is 9.02. The number of carbonyl (C=O) groups excluding carboxylic acids is 2. The fraction of sp³-hybridized carbons (Fsp3) is 0.240. The quantitative estimate of drug-likeness (QED) is 0.261. The summed E-state index contributed by atoms with van der Waals surface area (Å²) in [7, 11) is 1.38. The van der Waals surface area contributed by atoms with Crippen LogP contribution in [0.2, 0.25) is 0 Å². The predicted octanol–water partition coefficient (Wildman–Crippen LogP) is 4.32. The molecule has 10 heteroatoms. The third kappa shape index (κ3) is 4.66. The van der Waals surface area contributed by atoms with Crippen LogP contribution in [0.25, 0.3) is 5.76 Å². The molecule has 0 spiro atoms. The first-order valence-electron chi connectivity index (χ1n) is 10.8. The van der Waals surface area contributed by atoms with Crippen molar-refractivity contribution in [3.05, 3.63) is 81.6 Å². The zero-order valence-electron chi connectivity index (χ0n) is 19.0. The normalized spacial score (nSPS) is 17.3. The lowest BCUT2D eigenvalue weighted by atomic mass is 9.94. The Labute approximate surface area is 209 Å². The molecule has 1 amide bonds. The summed E-state index contributed by atoms with van der Waals surface area (Å²) in [6, 6.07) is 6.18. The van der Waals surface area contributed by atoms with Gasteiger partial charge in [-0.3, -0.25) is 9.59 Å². The molecule has 8 nitrogen and oxygen atoms in total. The van der Waals surface area contributed by atoms with Crippen molar-refractivity contribution in [3.63, 3.8) is 0 Å². The third-order valence-electron chi connectivity index (χ3n) is 5.95. The van der Waals surface area contributed by atoms with Crippen molar-refractivity contribution >= 4 is 33.4 Å². The Balaban J connectivity index is 1.82. The van der Waals surface area contributed by atoms with Gasteiger partial charge in [0.1, 0.15) is 11.6 Å². The number of likely N-dealkylation sites (tertiary alicyclic amines) is 1. The van der Waals surface area contributed by atoms with Gasteiger partial charge in [0.15, 0.2) is 11.5 Å². The lowest BCUT2D eigenvalue weighted by Crippen LogP contribution is -2.31. The van der Waals surface area contributed by atoms with Gasteiger partial charge in [0.25, 0.3) is 11.7 Å². The minimum atomic E-state index is -0.979. The van der Waals surface area contributed by atoms with Crippen LogP contribution >= 0.6 is 15.9 Å². The number of aliphatic hydroxyl groups excluding tert-OH is 1. The second kappa shape index (κ2) is 9.91. The van der Waals surface area contributed by atoms with Gasteiger partial charge in [0, 0.05) is 31.0 Å². The molecule has 1 aromatic heterocycles. The Morgan fingerprint density at radius 2 is 2.00 bits per heavy atom. The highest BCUT2D eigenvalue weighted by molar-refractivity contribution is 9.10. The molecule has 0 bridgehead atoms. The summed E-state index contributed by atoms with van der Waals surface area (Å²) in [6.45, 7) is 2.34. The smallest absolute Gasteiger partial charge is 0.295 e. The number of Topliss-reactive ketones (excluding diaryl/α,β-unsaturated/α-hetero) is 1. The van der Waals surface area contributed by atoms with Crippen molar-refractivity contribution < 1.29 is 28.9 Å². The van der Waals surface area contributed by atoms with Crippen molar-refractivity contribution in [1.82, 2.24) is 14.5 Å². The van der Waals surface area contributed by atoms with Crippen LogP contribution in [0.5, 0.6) is 11.5 Å². The lowest BCUT2D eigenvalue weighted by Gasteiger charge is -2.26. The summed E-state index contributed by atoms with van der Waals surface area (Å²) in [5.41, 5.74) is 0.729. The van der Waals surface area contributed by atoms with Crippen LogP contribution in [0.15, 0.2) is 59.1 Å². The molecule has 35 heavy (non-hydrogen) atoms. The monoisotopic (exact) mass is 543 g/mol. The lowest BCUT2D eigenvalue weighted by molar-refractivity contribution is -0.139. The number of phenols is 1. The zero-order valence-corrected chi connectivity index (χ0v) is 20.6. The van der Waals surface area contributed by atoms with E-state index in [0.29, 0.717) is 24.1 Å². The number of methoxy groups -OCH3 is 1. The maximum absolute atomic E-state index is 14.2. The van der Waals surface area contributed by atoms with Crippen LogP contribution < -0.4 is 4.74 Å². The highest BCUT2D eigenvalue weighted by Crippen LogP contribution is 2.44. The Morgan fingerprint density at radius 1 is 1.23 bits per heavy atom. The SMILES string of the molecule is COc1cc(C2/C(=C(\O)c3ccc(C)c(F)c3)C(=O)C(=O)N2CCCn2ccnc2)cc(Br)c1O. The van der Waals surface area contributed by atoms with E-state index in [0.717, 1.165) is 6.07 Å². The van der Waals surface area contributed by atoms with Gasteiger partial charge in [-0.25, -0.2) is 9.37 Å². The molecule has 0 radical (unpaired) electrons. The Morgan fingerprint density at radius 3 is 2.66 bits per heavy atom. The number of ether oxygens (including phenoxy) is 1. The first-order valence-corrected chi connectivity index (χ1v) is 11.6. The van der Waals surface area contributed by atoms with Gasteiger partial charge in [-0.15, -0.1) is 0 Å². The Kier molecular flexibility index (Phi) is 6.93. The number of hydrogen-bond acceptors (Lipinski definition) is 6. The summed E-state index contributed by atoms with van der Waals surface area (Å²) in [4.78, 5) is 31.6. The number of carbonyl (C=O) groups is 2. The second-order valence-electron chi connectivity index (χ2n) is 8.16. The molecule has 3 aromatic rings. The molecule has 0 saturated carbocycles. The molecule has 1 saturated heterocycles. The number of aromatic nitrogens is 2. The molecule has 1 aliphatic rings. The van der Waals surface area contributed by atoms with Crippen LogP contribution in [-0.2, 0) is 16.1 Å². The first-order chi connectivity index (χ1) is 16.7. The van der Waals surface area contributed by atoms with Crippen LogP contribution in [-0.4, -0.2) is 50.0 Å². The van der Waals surface area contributed by atoms with Crippen LogP contribution in [0.1, 0.15) is 29.2 Å². The summed E-state index contributed by atoms with van der Waals surface area (Å²) in [6.07, 6.45) is 5.60. The zero-order chi connectivity index (χ0) is 25.3. The molecule has 2 aromatic carbocycles. The molecule has 1 fully saturated rings. The Bertz CT molecular complexity index is 1320. The molecule has 0 aliphatic carbocycles. The van der Waals surface area contributed by atoms with Crippen molar-refractivity contribution in [2.45, 2.75) is 25.9 Å². The van der Waals surface area contributed by atoms with E-state index in [4.69, 9.17) is 4.74 Å². The number of aromatic hydroxyl groups is 1. The predicted molar refractivity (Wildman–Crippen MR) is 129 cm³/mol. The number of amides is 1. The van der Waals surface area contributed by atoms with E-state index >= 15 is 0 Å². The van der Waals surface area contributed by atoms with Gasteiger partial charge in [-0.1, -0.05) is 12.1 Å². The molecule has 1 unspecified atom stereocenters. The van der Waals surface area contributed by atoms with Crippen molar-refractivity contribution in [2.24, 2.45) is 0 Å². The number of nitrogens with zero attached hydrogens (tertiary/aromatic N) is 3.